The summed E-state index contributed by atoms with van der Waals surface area (Å²) in [5.74, 6) is -0.134. The molecule has 0 saturated carbocycles. The van der Waals surface area contributed by atoms with Crippen molar-refractivity contribution in [1.82, 2.24) is 10.2 Å². The average molecular weight is 227 g/mol. The second-order valence-electron chi connectivity index (χ2n) is 4.52. The van der Waals surface area contributed by atoms with E-state index in [4.69, 9.17) is 5.73 Å². The smallest absolute Gasteiger partial charge is 0.219 e. The fraction of sp³-hybridized carbons (Fsp3) is 0.818. The van der Waals surface area contributed by atoms with Crippen LogP contribution in [0.1, 0.15) is 33.1 Å². The second-order valence-corrected chi connectivity index (χ2v) is 4.52. The minimum atomic E-state index is -0.277. The number of amides is 2. The van der Waals surface area contributed by atoms with Crippen LogP contribution in [-0.4, -0.2) is 41.9 Å². The molecule has 0 bridgehead atoms. The molecule has 5 heteroatoms. The zero-order chi connectivity index (χ0) is 12.1. The van der Waals surface area contributed by atoms with Crippen LogP contribution in [0.4, 0.5) is 0 Å². The van der Waals surface area contributed by atoms with Crippen LogP contribution in [0.2, 0.25) is 0 Å². The summed E-state index contributed by atoms with van der Waals surface area (Å²) in [6.07, 6.45) is 2.26. The molecule has 3 N–H and O–H groups in total. The van der Waals surface area contributed by atoms with Crippen molar-refractivity contribution in [2.75, 3.05) is 13.1 Å². The van der Waals surface area contributed by atoms with E-state index in [0.717, 1.165) is 25.9 Å². The Labute approximate surface area is 96.4 Å². The SMILES string of the molecule is CC(=O)N1CCC(NC(C)CC(N)=O)CC1. The van der Waals surface area contributed by atoms with Crippen LogP contribution in [0.5, 0.6) is 0 Å². The van der Waals surface area contributed by atoms with Crippen molar-refractivity contribution in [3.05, 3.63) is 0 Å². The number of nitrogens with two attached hydrogens (primary N) is 1. The Morgan fingerprint density at radius 3 is 2.44 bits per heavy atom. The number of rotatable bonds is 4. The van der Waals surface area contributed by atoms with E-state index in [9.17, 15) is 9.59 Å². The van der Waals surface area contributed by atoms with Gasteiger partial charge in [-0.05, 0) is 19.8 Å². The lowest BCUT2D eigenvalue weighted by Crippen LogP contribution is -2.47. The first kappa shape index (κ1) is 13.0. The van der Waals surface area contributed by atoms with Gasteiger partial charge in [-0.3, -0.25) is 9.59 Å². The molecule has 1 aliphatic heterocycles. The summed E-state index contributed by atoms with van der Waals surface area (Å²) < 4.78 is 0. The summed E-state index contributed by atoms with van der Waals surface area (Å²) in [4.78, 5) is 23.7. The predicted molar refractivity (Wildman–Crippen MR) is 61.7 cm³/mol. The highest BCUT2D eigenvalue weighted by Gasteiger charge is 2.21. The summed E-state index contributed by atoms with van der Waals surface area (Å²) in [6, 6.07) is 0.510. The number of nitrogens with zero attached hydrogens (tertiary/aromatic N) is 1. The van der Waals surface area contributed by atoms with Gasteiger partial charge in [0.05, 0.1) is 0 Å². The average Bonchev–Trinajstić information content (AvgIpc) is 2.16. The summed E-state index contributed by atoms with van der Waals surface area (Å²) in [5, 5.41) is 3.37. The number of primary amides is 1. The number of nitrogens with one attached hydrogen (secondary N) is 1. The van der Waals surface area contributed by atoms with Crippen LogP contribution in [0.3, 0.4) is 0 Å². The van der Waals surface area contributed by atoms with Gasteiger partial charge in [0.25, 0.3) is 0 Å². The lowest BCUT2D eigenvalue weighted by Gasteiger charge is -2.33. The van der Waals surface area contributed by atoms with Gasteiger partial charge < -0.3 is 16.0 Å². The highest BCUT2D eigenvalue weighted by Crippen LogP contribution is 2.11. The van der Waals surface area contributed by atoms with Gasteiger partial charge in [0, 0.05) is 38.5 Å². The molecule has 0 radical (unpaired) electrons. The molecule has 1 heterocycles. The minimum absolute atomic E-state index is 0.117. The second kappa shape index (κ2) is 5.84. The molecule has 1 rings (SSSR count). The van der Waals surface area contributed by atoms with Gasteiger partial charge in [-0.1, -0.05) is 0 Å². The summed E-state index contributed by atoms with van der Waals surface area (Å²) in [6.45, 7) is 5.16. The van der Waals surface area contributed by atoms with Crippen LogP contribution in [0.25, 0.3) is 0 Å². The molecule has 1 fully saturated rings. The highest BCUT2D eigenvalue weighted by molar-refractivity contribution is 5.74. The van der Waals surface area contributed by atoms with Crippen LogP contribution >= 0.6 is 0 Å². The first-order valence-corrected chi connectivity index (χ1v) is 5.79. The van der Waals surface area contributed by atoms with Crippen molar-refractivity contribution in [3.8, 4) is 0 Å². The van der Waals surface area contributed by atoms with Gasteiger partial charge in [-0.25, -0.2) is 0 Å². The molecule has 2 amide bonds. The number of likely N-dealkylation sites (tertiary alicyclic amines) is 1. The van der Waals surface area contributed by atoms with Gasteiger partial charge in [0.2, 0.25) is 11.8 Å². The first-order chi connectivity index (χ1) is 7.49. The molecular formula is C11H21N3O2. The molecule has 0 aliphatic carbocycles. The Bertz CT molecular complexity index is 260. The summed E-state index contributed by atoms with van der Waals surface area (Å²) in [7, 11) is 0. The molecular weight excluding hydrogens is 206 g/mol. The molecule has 0 spiro atoms. The van der Waals surface area contributed by atoms with Gasteiger partial charge in [0.15, 0.2) is 0 Å². The van der Waals surface area contributed by atoms with E-state index in [2.05, 4.69) is 5.32 Å². The lowest BCUT2D eigenvalue weighted by atomic mass is 10.0. The number of hydrogen-bond donors (Lipinski definition) is 2. The molecule has 1 atom stereocenters. The maximum absolute atomic E-state index is 11.1. The largest absolute Gasteiger partial charge is 0.370 e. The zero-order valence-corrected chi connectivity index (χ0v) is 10.0. The van der Waals surface area contributed by atoms with E-state index in [0.29, 0.717) is 12.5 Å². The normalized spacial score (nSPS) is 19.5. The number of carbonyl (C=O) groups excluding carboxylic acids is 2. The van der Waals surface area contributed by atoms with Gasteiger partial charge in [0.1, 0.15) is 0 Å². The maximum atomic E-state index is 11.1. The van der Waals surface area contributed by atoms with Crippen molar-refractivity contribution in [3.63, 3.8) is 0 Å². The van der Waals surface area contributed by atoms with Crippen LogP contribution in [0, 0.1) is 0 Å². The molecule has 0 aromatic carbocycles. The molecule has 1 aliphatic rings. The van der Waals surface area contributed by atoms with Gasteiger partial charge in [-0.15, -0.1) is 0 Å². The third-order valence-electron chi connectivity index (χ3n) is 2.97. The van der Waals surface area contributed by atoms with E-state index >= 15 is 0 Å². The van der Waals surface area contributed by atoms with E-state index in [1.165, 1.54) is 0 Å². The molecule has 1 unspecified atom stereocenters. The molecule has 92 valence electrons. The Kier molecular flexibility index (Phi) is 4.73. The van der Waals surface area contributed by atoms with Crippen molar-refractivity contribution in [1.29, 1.82) is 0 Å². The van der Waals surface area contributed by atoms with Gasteiger partial charge >= 0.3 is 0 Å². The Balaban J connectivity index is 2.26. The summed E-state index contributed by atoms with van der Waals surface area (Å²) >= 11 is 0. The van der Waals surface area contributed by atoms with Gasteiger partial charge in [-0.2, -0.15) is 0 Å². The van der Waals surface area contributed by atoms with Crippen molar-refractivity contribution in [2.45, 2.75) is 45.2 Å². The minimum Gasteiger partial charge on any atom is -0.370 e. The zero-order valence-electron chi connectivity index (χ0n) is 10.0. The Morgan fingerprint density at radius 2 is 2.00 bits per heavy atom. The Hall–Kier alpha value is -1.10. The highest BCUT2D eigenvalue weighted by atomic mass is 16.2. The summed E-state index contributed by atoms with van der Waals surface area (Å²) in [5.41, 5.74) is 5.13. The molecule has 0 aromatic rings. The van der Waals surface area contributed by atoms with Crippen LogP contribution in [-0.2, 0) is 9.59 Å². The maximum Gasteiger partial charge on any atom is 0.219 e. The molecule has 5 nitrogen and oxygen atoms in total. The molecule has 1 saturated heterocycles. The number of hydrogen-bond acceptors (Lipinski definition) is 3. The predicted octanol–water partition coefficient (Wildman–Crippen LogP) is -0.149. The topological polar surface area (TPSA) is 75.4 Å². The van der Waals surface area contributed by atoms with E-state index in [1.54, 1.807) is 6.92 Å². The third-order valence-corrected chi connectivity index (χ3v) is 2.97. The molecule has 16 heavy (non-hydrogen) atoms. The van der Waals surface area contributed by atoms with Crippen molar-refractivity contribution < 1.29 is 9.59 Å². The first-order valence-electron chi connectivity index (χ1n) is 5.79. The third kappa shape index (κ3) is 4.18. The fourth-order valence-electron chi connectivity index (χ4n) is 2.12. The van der Waals surface area contributed by atoms with Crippen LogP contribution < -0.4 is 11.1 Å². The van der Waals surface area contributed by atoms with Crippen LogP contribution in [0.15, 0.2) is 0 Å². The quantitative estimate of drug-likeness (QED) is 0.701. The lowest BCUT2D eigenvalue weighted by molar-refractivity contribution is -0.129. The monoisotopic (exact) mass is 227 g/mol. The van der Waals surface area contributed by atoms with Crippen molar-refractivity contribution in [2.24, 2.45) is 5.73 Å². The molecule has 0 aromatic heterocycles. The van der Waals surface area contributed by atoms with Crippen molar-refractivity contribution >= 4 is 11.8 Å². The standard InChI is InChI=1S/C11H21N3O2/c1-8(7-11(12)16)13-10-3-5-14(6-4-10)9(2)15/h8,10,13H,3-7H2,1-2H3,(H2,12,16). The van der Waals surface area contributed by atoms with E-state index in [-0.39, 0.29) is 17.9 Å². The fourth-order valence-corrected chi connectivity index (χ4v) is 2.12. The van der Waals surface area contributed by atoms with E-state index in [1.807, 2.05) is 11.8 Å². The van der Waals surface area contributed by atoms with E-state index < -0.39 is 0 Å². The number of piperidine rings is 1. The number of carbonyl (C=O) groups is 2. The Morgan fingerprint density at radius 1 is 1.44 bits per heavy atom.